The van der Waals surface area contributed by atoms with Gasteiger partial charge in [-0.3, -0.25) is 0 Å². The van der Waals surface area contributed by atoms with Crippen molar-refractivity contribution in [2.75, 3.05) is 7.11 Å². The van der Waals surface area contributed by atoms with Crippen LogP contribution >= 0.6 is 0 Å². The van der Waals surface area contributed by atoms with Crippen LogP contribution in [0.3, 0.4) is 0 Å². The van der Waals surface area contributed by atoms with Gasteiger partial charge in [0.15, 0.2) is 11.6 Å². The van der Waals surface area contributed by atoms with Gasteiger partial charge in [0.25, 0.3) is 0 Å². The largest absolute Gasteiger partial charge is 0.497 e. The van der Waals surface area contributed by atoms with Gasteiger partial charge in [-0.2, -0.15) is 0 Å². The van der Waals surface area contributed by atoms with Gasteiger partial charge in [-0.05, 0) is 18.2 Å². The number of fused-ring (bicyclic) bond motifs is 1. The Morgan fingerprint density at radius 3 is 2.60 bits per heavy atom. The molecule has 3 rings (SSSR count). The summed E-state index contributed by atoms with van der Waals surface area (Å²) >= 11 is 0. The molecule has 0 radical (unpaired) electrons. The first kappa shape index (κ1) is 12.5. The van der Waals surface area contributed by atoms with Crippen LogP contribution < -0.4 is 9.47 Å². The maximum atomic E-state index is 13.6. The fourth-order valence-electron chi connectivity index (χ4n) is 1.99. The first-order chi connectivity index (χ1) is 9.67. The van der Waals surface area contributed by atoms with Gasteiger partial charge in [0.05, 0.1) is 12.6 Å². The average Bonchev–Trinajstić information content (AvgIpc) is 2.90. The van der Waals surface area contributed by atoms with Crippen LogP contribution in [0.1, 0.15) is 0 Å². The number of hydrogen-bond donors (Lipinski definition) is 1. The average molecular weight is 275 g/mol. The summed E-state index contributed by atoms with van der Waals surface area (Å²) in [5.41, 5.74) is 0.807. The summed E-state index contributed by atoms with van der Waals surface area (Å²) in [5, 5.41) is 0.787. The van der Waals surface area contributed by atoms with E-state index in [1.54, 1.807) is 12.3 Å². The molecule has 0 atom stereocenters. The minimum atomic E-state index is -0.753. The van der Waals surface area contributed by atoms with E-state index < -0.39 is 11.6 Å². The van der Waals surface area contributed by atoms with Gasteiger partial charge < -0.3 is 14.5 Å². The highest BCUT2D eigenvalue weighted by atomic mass is 19.1. The Morgan fingerprint density at radius 2 is 1.85 bits per heavy atom. The predicted molar refractivity (Wildman–Crippen MR) is 71.3 cm³/mol. The molecule has 5 heteroatoms. The number of benzene rings is 2. The molecule has 1 N–H and O–H groups in total. The lowest BCUT2D eigenvalue weighted by Crippen LogP contribution is -1.91. The lowest BCUT2D eigenvalue weighted by Gasteiger charge is -2.10. The van der Waals surface area contributed by atoms with Gasteiger partial charge in [0.2, 0.25) is 0 Å². The topological polar surface area (TPSA) is 34.2 Å². The summed E-state index contributed by atoms with van der Waals surface area (Å²) in [6.07, 6.45) is 1.75. The number of hydrogen-bond acceptors (Lipinski definition) is 2. The van der Waals surface area contributed by atoms with Crippen molar-refractivity contribution in [3.8, 4) is 17.2 Å². The number of aromatic amines is 1. The third-order valence-corrected chi connectivity index (χ3v) is 2.95. The molecule has 0 spiro atoms. The molecule has 3 nitrogen and oxygen atoms in total. The summed E-state index contributed by atoms with van der Waals surface area (Å²) in [6, 6.07) is 8.45. The van der Waals surface area contributed by atoms with Crippen LogP contribution in [0.15, 0.2) is 42.6 Å². The van der Waals surface area contributed by atoms with Crippen LogP contribution in [0.25, 0.3) is 10.9 Å². The second kappa shape index (κ2) is 4.85. The molecule has 0 unspecified atom stereocenters. The van der Waals surface area contributed by atoms with Gasteiger partial charge >= 0.3 is 0 Å². The lowest BCUT2D eigenvalue weighted by molar-refractivity contribution is 0.406. The molecule has 0 fully saturated rings. The van der Waals surface area contributed by atoms with Crippen LogP contribution in [0.2, 0.25) is 0 Å². The Bertz CT molecular complexity index is 768. The van der Waals surface area contributed by atoms with E-state index in [-0.39, 0.29) is 5.75 Å². The molecule has 20 heavy (non-hydrogen) atoms. The second-order valence-corrected chi connectivity index (χ2v) is 4.24. The van der Waals surface area contributed by atoms with Gasteiger partial charge in [0.1, 0.15) is 17.3 Å². The van der Waals surface area contributed by atoms with Gasteiger partial charge in [-0.25, -0.2) is 8.78 Å². The van der Waals surface area contributed by atoms with Crippen LogP contribution in [0.4, 0.5) is 8.78 Å². The zero-order valence-electron chi connectivity index (χ0n) is 10.6. The number of rotatable bonds is 3. The number of methoxy groups -OCH3 is 1. The summed E-state index contributed by atoms with van der Waals surface area (Å²) in [6.45, 7) is 0. The fourth-order valence-corrected chi connectivity index (χ4v) is 1.99. The van der Waals surface area contributed by atoms with Crippen molar-refractivity contribution in [1.29, 1.82) is 0 Å². The minimum Gasteiger partial charge on any atom is -0.497 e. The van der Waals surface area contributed by atoms with Gasteiger partial charge in [-0.1, -0.05) is 0 Å². The molecule has 0 amide bonds. The van der Waals surface area contributed by atoms with Crippen molar-refractivity contribution < 1.29 is 18.3 Å². The molecule has 2 aromatic carbocycles. The van der Waals surface area contributed by atoms with E-state index in [4.69, 9.17) is 9.47 Å². The maximum Gasteiger partial charge on any atom is 0.168 e. The summed E-state index contributed by atoms with van der Waals surface area (Å²) in [7, 11) is 1.53. The van der Waals surface area contributed by atoms with Crippen LogP contribution in [-0.4, -0.2) is 12.1 Å². The van der Waals surface area contributed by atoms with Crippen LogP contribution in [0, 0.1) is 11.6 Å². The number of ether oxygens (including phenoxy) is 2. The zero-order valence-corrected chi connectivity index (χ0v) is 10.6. The minimum absolute atomic E-state index is 0.0397. The van der Waals surface area contributed by atoms with Crippen molar-refractivity contribution in [2.45, 2.75) is 0 Å². The number of halogens is 2. The highest BCUT2D eigenvalue weighted by Crippen LogP contribution is 2.34. The number of H-pyrrole nitrogens is 1. The first-order valence-corrected chi connectivity index (χ1v) is 5.95. The molecular formula is C15H11F2NO2. The SMILES string of the molecule is COc1cc(Oc2ccc(F)cc2F)c2cc[nH]c2c1. The molecule has 0 bridgehead atoms. The van der Waals surface area contributed by atoms with E-state index in [1.807, 2.05) is 12.1 Å². The molecule has 3 aromatic rings. The van der Waals surface area contributed by atoms with Crippen molar-refractivity contribution in [3.63, 3.8) is 0 Å². The smallest absolute Gasteiger partial charge is 0.168 e. The molecule has 1 heterocycles. The van der Waals surface area contributed by atoms with E-state index in [0.29, 0.717) is 11.5 Å². The van der Waals surface area contributed by atoms with Crippen molar-refractivity contribution in [1.82, 2.24) is 4.98 Å². The lowest BCUT2D eigenvalue weighted by atomic mass is 10.2. The Labute approximate surface area is 113 Å². The molecule has 0 aliphatic carbocycles. The van der Waals surface area contributed by atoms with Crippen molar-refractivity contribution in [2.24, 2.45) is 0 Å². The Balaban J connectivity index is 2.07. The molecule has 0 saturated carbocycles. The normalized spacial score (nSPS) is 10.8. The second-order valence-electron chi connectivity index (χ2n) is 4.24. The monoisotopic (exact) mass is 275 g/mol. The third-order valence-electron chi connectivity index (χ3n) is 2.95. The molecule has 0 aliphatic heterocycles. The first-order valence-electron chi connectivity index (χ1n) is 5.95. The van der Waals surface area contributed by atoms with Crippen LogP contribution in [-0.2, 0) is 0 Å². The van der Waals surface area contributed by atoms with E-state index in [9.17, 15) is 8.78 Å². The fraction of sp³-hybridized carbons (Fsp3) is 0.0667. The summed E-state index contributed by atoms with van der Waals surface area (Å²) in [4.78, 5) is 3.03. The number of aromatic nitrogens is 1. The zero-order chi connectivity index (χ0) is 14.1. The van der Waals surface area contributed by atoms with Crippen LogP contribution in [0.5, 0.6) is 17.2 Å². The molecule has 102 valence electrons. The van der Waals surface area contributed by atoms with E-state index >= 15 is 0 Å². The van der Waals surface area contributed by atoms with E-state index in [2.05, 4.69) is 4.98 Å². The quantitative estimate of drug-likeness (QED) is 0.775. The van der Waals surface area contributed by atoms with Gasteiger partial charge in [-0.15, -0.1) is 0 Å². The molecule has 1 aromatic heterocycles. The third kappa shape index (κ3) is 2.18. The molecular weight excluding hydrogens is 264 g/mol. The Morgan fingerprint density at radius 1 is 1.00 bits per heavy atom. The standard InChI is InChI=1S/C15H11F2NO2/c1-19-10-7-13-11(4-5-18-13)15(8-10)20-14-3-2-9(16)6-12(14)17/h2-8,18H,1H3. The van der Waals surface area contributed by atoms with Crippen molar-refractivity contribution in [3.05, 3.63) is 54.2 Å². The number of nitrogens with one attached hydrogen (secondary N) is 1. The highest BCUT2D eigenvalue weighted by molar-refractivity contribution is 5.87. The van der Waals surface area contributed by atoms with E-state index in [1.165, 1.54) is 13.2 Å². The molecule has 0 aliphatic rings. The van der Waals surface area contributed by atoms with Crippen molar-refractivity contribution >= 4 is 10.9 Å². The van der Waals surface area contributed by atoms with Gasteiger partial charge in [0, 0.05) is 29.8 Å². The Hall–Kier alpha value is -2.56. The highest BCUT2D eigenvalue weighted by Gasteiger charge is 2.11. The maximum absolute atomic E-state index is 13.6. The predicted octanol–water partition coefficient (Wildman–Crippen LogP) is 4.25. The Kier molecular flexibility index (Phi) is 3.02. The summed E-state index contributed by atoms with van der Waals surface area (Å²) < 4.78 is 37.2. The van der Waals surface area contributed by atoms with E-state index in [0.717, 1.165) is 23.0 Å². The summed E-state index contributed by atoms with van der Waals surface area (Å²) in [5.74, 6) is -0.422. The molecule has 0 saturated heterocycles.